The zero-order valence-electron chi connectivity index (χ0n) is 10.4. The number of unbranched alkanes of at least 4 members (excludes halogenated alkanes) is 3. The number of nitrogens with zero attached hydrogens (tertiary/aromatic N) is 1. The van der Waals surface area contributed by atoms with E-state index in [2.05, 4.69) is 25.7 Å². The molecule has 90 valence electrons. The molecule has 0 saturated carbocycles. The van der Waals surface area contributed by atoms with Crippen molar-refractivity contribution >= 4 is 5.97 Å². The molecule has 0 bridgehead atoms. The molecule has 0 radical (unpaired) electrons. The van der Waals surface area contributed by atoms with Crippen LogP contribution in [0.1, 0.15) is 52.9 Å². The molecule has 0 spiro atoms. The van der Waals surface area contributed by atoms with Crippen molar-refractivity contribution in [3.8, 4) is 0 Å². The van der Waals surface area contributed by atoms with Gasteiger partial charge in [0.25, 0.3) is 0 Å². The van der Waals surface area contributed by atoms with Gasteiger partial charge in [0.2, 0.25) is 0 Å². The lowest BCUT2D eigenvalue weighted by Gasteiger charge is -2.17. The zero-order chi connectivity index (χ0) is 11.5. The van der Waals surface area contributed by atoms with Crippen LogP contribution in [0.4, 0.5) is 0 Å². The third kappa shape index (κ3) is 8.43. The van der Waals surface area contributed by atoms with Gasteiger partial charge >= 0.3 is 5.97 Å². The van der Waals surface area contributed by atoms with Gasteiger partial charge < -0.3 is 4.74 Å². The van der Waals surface area contributed by atoms with Crippen LogP contribution in [0.15, 0.2) is 0 Å². The van der Waals surface area contributed by atoms with E-state index >= 15 is 0 Å². The SMILES string of the molecule is CCCCCCC(=O)OCN(CC)CC. The molecule has 0 aromatic heterocycles. The van der Waals surface area contributed by atoms with E-state index in [-0.39, 0.29) is 5.97 Å². The predicted octanol–water partition coefficient (Wildman–Crippen LogP) is 2.80. The van der Waals surface area contributed by atoms with Crippen molar-refractivity contribution in [3.63, 3.8) is 0 Å². The molecule has 0 aliphatic carbocycles. The quantitative estimate of drug-likeness (QED) is 0.336. The molecule has 0 aromatic carbocycles. The minimum Gasteiger partial charge on any atom is -0.449 e. The van der Waals surface area contributed by atoms with E-state index in [9.17, 15) is 4.79 Å². The summed E-state index contributed by atoms with van der Waals surface area (Å²) in [6, 6.07) is 0. The molecule has 15 heavy (non-hydrogen) atoms. The number of carbonyl (C=O) groups is 1. The number of ether oxygens (including phenoxy) is 1. The molecule has 0 aromatic rings. The highest BCUT2D eigenvalue weighted by Gasteiger charge is 2.04. The number of carbonyl (C=O) groups excluding carboxylic acids is 1. The molecule has 0 unspecified atom stereocenters. The fraction of sp³-hybridized carbons (Fsp3) is 0.917. The summed E-state index contributed by atoms with van der Waals surface area (Å²) in [5, 5.41) is 0. The molecule has 0 aliphatic rings. The molecule has 0 amide bonds. The van der Waals surface area contributed by atoms with Gasteiger partial charge in [-0.15, -0.1) is 0 Å². The number of rotatable bonds is 9. The first-order valence-corrected chi connectivity index (χ1v) is 6.12. The fourth-order valence-electron chi connectivity index (χ4n) is 1.34. The molecule has 3 nitrogen and oxygen atoms in total. The summed E-state index contributed by atoms with van der Waals surface area (Å²) in [7, 11) is 0. The van der Waals surface area contributed by atoms with E-state index < -0.39 is 0 Å². The third-order valence-electron chi connectivity index (χ3n) is 2.54. The average Bonchev–Trinajstić information content (AvgIpc) is 2.26. The Morgan fingerprint density at radius 2 is 1.73 bits per heavy atom. The van der Waals surface area contributed by atoms with Crippen molar-refractivity contribution in [2.24, 2.45) is 0 Å². The third-order valence-corrected chi connectivity index (χ3v) is 2.54. The molecule has 0 aliphatic heterocycles. The molecule has 0 rings (SSSR count). The van der Waals surface area contributed by atoms with Gasteiger partial charge in [0.15, 0.2) is 0 Å². The molecule has 0 saturated heterocycles. The highest BCUT2D eigenvalue weighted by atomic mass is 16.5. The second-order valence-corrected chi connectivity index (χ2v) is 3.76. The zero-order valence-corrected chi connectivity index (χ0v) is 10.4. The Hall–Kier alpha value is -0.570. The maximum Gasteiger partial charge on any atom is 0.307 e. The summed E-state index contributed by atoms with van der Waals surface area (Å²) in [6.45, 7) is 8.61. The van der Waals surface area contributed by atoms with E-state index in [0.717, 1.165) is 25.9 Å². The van der Waals surface area contributed by atoms with Crippen LogP contribution >= 0.6 is 0 Å². The minimum atomic E-state index is -0.0574. The fourth-order valence-corrected chi connectivity index (χ4v) is 1.34. The number of esters is 1. The second kappa shape index (κ2) is 9.97. The van der Waals surface area contributed by atoms with Crippen LogP contribution in [0, 0.1) is 0 Å². The van der Waals surface area contributed by atoms with E-state index in [1.165, 1.54) is 12.8 Å². The van der Waals surface area contributed by atoms with Crippen LogP contribution in [-0.4, -0.2) is 30.7 Å². The summed E-state index contributed by atoms with van der Waals surface area (Å²) in [5.41, 5.74) is 0. The van der Waals surface area contributed by atoms with Crippen molar-refractivity contribution in [3.05, 3.63) is 0 Å². The summed E-state index contributed by atoms with van der Waals surface area (Å²) < 4.78 is 5.15. The van der Waals surface area contributed by atoms with Crippen LogP contribution in [-0.2, 0) is 9.53 Å². The molecular formula is C12H25NO2. The van der Waals surface area contributed by atoms with Gasteiger partial charge in [0.1, 0.15) is 6.73 Å². The Balaban J connectivity index is 3.40. The van der Waals surface area contributed by atoms with Gasteiger partial charge in [-0.2, -0.15) is 0 Å². The Morgan fingerprint density at radius 1 is 1.07 bits per heavy atom. The first kappa shape index (κ1) is 14.4. The van der Waals surface area contributed by atoms with Crippen LogP contribution < -0.4 is 0 Å². The smallest absolute Gasteiger partial charge is 0.307 e. The normalized spacial score (nSPS) is 10.7. The Morgan fingerprint density at radius 3 is 2.27 bits per heavy atom. The van der Waals surface area contributed by atoms with Gasteiger partial charge in [0, 0.05) is 6.42 Å². The average molecular weight is 215 g/mol. The summed E-state index contributed by atoms with van der Waals surface area (Å²) in [6.07, 6.45) is 5.08. The molecule has 0 atom stereocenters. The van der Waals surface area contributed by atoms with Crippen molar-refractivity contribution in [1.82, 2.24) is 4.90 Å². The van der Waals surface area contributed by atoms with Crippen LogP contribution in [0.2, 0.25) is 0 Å². The predicted molar refractivity (Wildman–Crippen MR) is 62.6 cm³/mol. The monoisotopic (exact) mass is 215 g/mol. The van der Waals surface area contributed by atoms with Crippen molar-refractivity contribution in [1.29, 1.82) is 0 Å². The van der Waals surface area contributed by atoms with Crippen LogP contribution in [0.25, 0.3) is 0 Å². The van der Waals surface area contributed by atoms with Crippen LogP contribution in [0.5, 0.6) is 0 Å². The van der Waals surface area contributed by atoms with Gasteiger partial charge in [-0.3, -0.25) is 9.69 Å². The van der Waals surface area contributed by atoms with Gasteiger partial charge in [-0.1, -0.05) is 40.0 Å². The Bertz CT molecular complexity index is 156. The maximum atomic E-state index is 11.3. The Kier molecular flexibility index (Phi) is 9.59. The number of hydrogen-bond donors (Lipinski definition) is 0. The molecule has 0 N–H and O–H groups in total. The minimum absolute atomic E-state index is 0.0574. The van der Waals surface area contributed by atoms with E-state index in [4.69, 9.17) is 4.74 Å². The molecule has 3 heteroatoms. The lowest BCUT2D eigenvalue weighted by Crippen LogP contribution is -2.27. The largest absolute Gasteiger partial charge is 0.449 e. The van der Waals surface area contributed by atoms with Crippen molar-refractivity contribution in [2.45, 2.75) is 52.9 Å². The van der Waals surface area contributed by atoms with Gasteiger partial charge in [0.05, 0.1) is 0 Å². The summed E-state index contributed by atoms with van der Waals surface area (Å²) >= 11 is 0. The maximum absolute atomic E-state index is 11.3. The first-order valence-electron chi connectivity index (χ1n) is 6.12. The first-order chi connectivity index (χ1) is 7.24. The molecule has 0 fully saturated rings. The lowest BCUT2D eigenvalue weighted by atomic mass is 10.2. The van der Waals surface area contributed by atoms with Crippen LogP contribution in [0.3, 0.4) is 0 Å². The summed E-state index contributed by atoms with van der Waals surface area (Å²) in [5.74, 6) is -0.0574. The van der Waals surface area contributed by atoms with E-state index in [1.807, 2.05) is 0 Å². The summed E-state index contributed by atoms with van der Waals surface area (Å²) in [4.78, 5) is 13.4. The Labute approximate surface area is 93.8 Å². The standard InChI is InChI=1S/C12H25NO2/c1-4-7-8-9-10-12(14)15-11-13(5-2)6-3/h4-11H2,1-3H3. The van der Waals surface area contributed by atoms with E-state index in [0.29, 0.717) is 13.2 Å². The van der Waals surface area contributed by atoms with Crippen molar-refractivity contribution in [2.75, 3.05) is 19.8 Å². The van der Waals surface area contributed by atoms with Gasteiger partial charge in [-0.25, -0.2) is 0 Å². The van der Waals surface area contributed by atoms with Crippen molar-refractivity contribution < 1.29 is 9.53 Å². The molecule has 0 heterocycles. The molecular weight excluding hydrogens is 190 g/mol. The van der Waals surface area contributed by atoms with E-state index in [1.54, 1.807) is 0 Å². The highest BCUT2D eigenvalue weighted by molar-refractivity contribution is 5.69. The lowest BCUT2D eigenvalue weighted by molar-refractivity contribution is -0.148. The second-order valence-electron chi connectivity index (χ2n) is 3.76. The number of hydrogen-bond acceptors (Lipinski definition) is 3. The topological polar surface area (TPSA) is 29.5 Å². The van der Waals surface area contributed by atoms with Gasteiger partial charge in [-0.05, 0) is 19.5 Å². The highest BCUT2D eigenvalue weighted by Crippen LogP contribution is 2.03.